The lowest BCUT2D eigenvalue weighted by molar-refractivity contribution is 0.0792. The fourth-order valence-corrected chi connectivity index (χ4v) is 2.64. The molecule has 1 aliphatic heterocycles. The quantitative estimate of drug-likeness (QED) is 0.805. The highest BCUT2D eigenvalue weighted by atomic mass is 32.2. The van der Waals surface area contributed by atoms with Crippen molar-refractivity contribution in [3.63, 3.8) is 0 Å². The van der Waals surface area contributed by atoms with E-state index in [2.05, 4.69) is 0 Å². The summed E-state index contributed by atoms with van der Waals surface area (Å²) >= 11 is 0. The van der Waals surface area contributed by atoms with Crippen molar-refractivity contribution in [2.75, 3.05) is 19.3 Å². The number of rotatable bonds is 3. The predicted molar refractivity (Wildman–Crippen MR) is 83.1 cm³/mol. The highest BCUT2D eigenvalue weighted by Crippen LogP contribution is 2.21. The average molecular weight is 313 g/mol. The van der Waals surface area contributed by atoms with E-state index in [0.717, 1.165) is 37.8 Å². The van der Waals surface area contributed by atoms with Crippen molar-refractivity contribution in [1.29, 1.82) is 0 Å². The highest BCUT2D eigenvalue weighted by Gasteiger charge is 2.20. The van der Waals surface area contributed by atoms with Crippen LogP contribution in [0.15, 0.2) is 18.2 Å². The van der Waals surface area contributed by atoms with Gasteiger partial charge in [-0.3, -0.25) is 4.79 Å². The van der Waals surface area contributed by atoms with Crippen molar-refractivity contribution in [2.45, 2.75) is 33.6 Å². The number of hydrogen-bond donors (Lipinski definition) is 0. The van der Waals surface area contributed by atoms with Crippen molar-refractivity contribution in [3.8, 4) is 5.75 Å². The van der Waals surface area contributed by atoms with E-state index in [1.54, 1.807) is 24.0 Å². The summed E-state index contributed by atoms with van der Waals surface area (Å²) in [6.45, 7) is 7.32. The third kappa shape index (κ3) is 5.38. The van der Waals surface area contributed by atoms with Crippen LogP contribution in [-0.4, -0.2) is 38.6 Å². The fourth-order valence-electron chi connectivity index (χ4n) is 2.20. The van der Waals surface area contributed by atoms with Gasteiger partial charge in [0.2, 0.25) is 0 Å². The maximum absolute atomic E-state index is 12.2. The normalized spacial score (nSPS) is 14.4. The summed E-state index contributed by atoms with van der Waals surface area (Å²) in [6.07, 6.45) is 3.02. The van der Waals surface area contributed by atoms with Gasteiger partial charge in [-0.1, -0.05) is 13.8 Å². The minimum Gasteiger partial charge on any atom is -0.383 e. The van der Waals surface area contributed by atoms with E-state index in [1.807, 2.05) is 13.8 Å². The van der Waals surface area contributed by atoms with E-state index < -0.39 is 10.1 Å². The Hall–Kier alpha value is -1.56. The van der Waals surface area contributed by atoms with Gasteiger partial charge in [0, 0.05) is 18.7 Å². The van der Waals surface area contributed by atoms with Gasteiger partial charge in [0.1, 0.15) is 5.75 Å². The molecule has 1 heterocycles. The first-order valence-electron chi connectivity index (χ1n) is 7.15. The number of amides is 1. The first kappa shape index (κ1) is 17.5. The molecule has 0 aromatic heterocycles. The second-order valence-corrected chi connectivity index (χ2v) is 6.40. The number of hydrogen-bond acceptors (Lipinski definition) is 4. The Bertz CT molecular complexity index is 590. The summed E-state index contributed by atoms with van der Waals surface area (Å²) in [4.78, 5) is 14.0. The minimum atomic E-state index is -3.58. The number of nitrogens with zero attached hydrogens (tertiary/aromatic N) is 1. The lowest BCUT2D eigenvalue weighted by atomic mass is 10.1. The Labute approximate surface area is 127 Å². The summed E-state index contributed by atoms with van der Waals surface area (Å²) < 4.78 is 27.1. The summed E-state index contributed by atoms with van der Waals surface area (Å²) in [7, 11) is -3.58. The lowest BCUT2D eigenvalue weighted by Crippen LogP contribution is -2.27. The van der Waals surface area contributed by atoms with Crippen LogP contribution in [-0.2, 0) is 10.1 Å². The van der Waals surface area contributed by atoms with Gasteiger partial charge in [-0.15, -0.1) is 0 Å². The molecule has 0 saturated carbocycles. The Kier molecular flexibility index (Phi) is 6.20. The second kappa shape index (κ2) is 7.45. The molecule has 1 aliphatic rings. The van der Waals surface area contributed by atoms with Crippen molar-refractivity contribution in [3.05, 3.63) is 29.3 Å². The van der Waals surface area contributed by atoms with Crippen molar-refractivity contribution in [2.24, 2.45) is 0 Å². The molecular weight excluding hydrogens is 290 g/mol. The molecule has 0 aliphatic carbocycles. The molecule has 5 nitrogen and oxygen atoms in total. The van der Waals surface area contributed by atoms with Gasteiger partial charge in [0.15, 0.2) is 0 Å². The van der Waals surface area contributed by atoms with Gasteiger partial charge in [-0.25, -0.2) is 0 Å². The first-order chi connectivity index (χ1) is 9.85. The van der Waals surface area contributed by atoms with Crippen LogP contribution in [0.25, 0.3) is 0 Å². The van der Waals surface area contributed by atoms with Crippen LogP contribution in [0, 0.1) is 6.92 Å². The van der Waals surface area contributed by atoms with Gasteiger partial charge in [0.05, 0.1) is 6.26 Å². The van der Waals surface area contributed by atoms with Crippen LogP contribution >= 0.6 is 0 Å². The molecule has 1 amide bonds. The monoisotopic (exact) mass is 313 g/mol. The SMILES string of the molecule is CC.Cc1cc(OS(C)(=O)=O)cc(C(=O)N2CCCC2)c1. The molecule has 2 rings (SSSR count). The molecule has 21 heavy (non-hydrogen) atoms. The summed E-state index contributed by atoms with van der Waals surface area (Å²) in [6, 6.07) is 4.83. The molecule has 0 N–H and O–H groups in total. The molecule has 118 valence electrons. The molecule has 1 aromatic rings. The zero-order chi connectivity index (χ0) is 16.0. The Balaban J connectivity index is 0.00000106. The number of likely N-dealkylation sites (tertiary alicyclic amines) is 1. The average Bonchev–Trinajstić information content (AvgIpc) is 2.91. The van der Waals surface area contributed by atoms with E-state index in [-0.39, 0.29) is 11.7 Å². The summed E-state index contributed by atoms with van der Waals surface area (Å²) in [5, 5.41) is 0. The molecular formula is C15H23NO4S. The van der Waals surface area contributed by atoms with E-state index in [4.69, 9.17) is 4.18 Å². The molecule has 1 fully saturated rings. The van der Waals surface area contributed by atoms with Crippen molar-refractivity contribution >= 4 is 16.0 Å². The molecule has 1 aromatic carbocycles. The smallest absolute Gasteiger partial charge is 0.306 e. The third-order valence-corrected chi connectivity index (χ3v) is 3.43. The number of carbonyl (C=O) groups is 1. The zero-order valence-electron chi connectivity index (χ0n) is 13.0. The van der Waals surface area contributed by atoms with E-state index in [1.165, 1.54) is 6.07 Å². The molecule has 0 bridgehead atoms. The highest BCUT2D eigenvalue weighted by molar-refractivity contribution is 7.86. The standard InChI is InChI=1S/C13H17NO4S.C2H6/c1-10-7-11(13(15)14-5-3-4-6-14)9-12(8-10)18-19(2,16)17;1-2/h7-9H,3-6H2,1-2H3;1-2H3. The molecule has 1 saturated heterocycles. The van der Waals surface area contributed by atoms with Gasteiger partial charge >= 0.3 is 10.1 Å². The Morgan fingerprint density at radius 2 is 1.71 bits per heavy atom. The third-order valence-electron chi connectivity index (χ3n) is 2.94. The number of aryl methyl sites for hydroxylation is 1. The molecule has 0 atom stereocenters. The van der Waals surface area contributed by atoms with Crippen LogP contribution in [0.1, 0.15) is 42.6 Å². The second-order valence-electron chi connectivity index (χ2n) is 4.82. The van der Waals surface area contributed by atoms with Crippen LogP contribution < -0.4 is 4.18 Å². The molecule has 0 radical (unpaired) electrons. The van der Waals surface area contributed by atoms with Crippen LogP contribution in [0.4, 0.5) is 0 Å². The van der Waals surface area contributed by atoms with Gasteiger partial charge in [-0.2, -0.15) is 8.42 Å². The first-order valence-corrected chi connectivity index (χ1v) is 8.97. The van der Waals surface area contributed by atoms with Crippen LogP contribution in [0.5, 0.6) is 5.75 Å². The Morgan fingerprint density at radius 1 is 1.14 bits per heavy atom. The number of carbonyl (C=O) groups excluding carboxylic acids is 1. The minimum absolute atomic E-state index is 0.0699. The van der Waals surface area contributed by atoms with Gasteiger partial charge in [0.25, 0.3) is 5.91 Å². The topological polar surface area (TPSA) is 63.7 Å². The summed E-state index contributed by atoms with van der Waals surface area (Å²) in [5.74, 6) is 0.115. The largest absolute Gasteiger partial charge is 0.383 e. The summed E-state index contributed by atoms with van der Waals surface area (Å²) in [5.41, 5.74) is 1.27. The van der Waals surface area contributed by atoms with E-state index in [9.17, 15) is 13.2 Å². The lowest BCUT2D eigenvalue weighted by Gasteiger charge is -2.16. The zero-order valence-corrected chi connectivity index (χ0v) is 13.9. The van der Waals surface area contributed by atoms with Gasteiger partial charge < -0.3 is 9.08 Å². The van der Waals surface area contributed by atoms with Crippen molar-refractivity contribution in [1.82, 2.24) is 4.90 Å². The van der Waals surface area contributed by atoms with E-state index >= 15 is 0 Å². The van der Waals surface area contributed by atoms with Crippen LogP contribution in [0.3, 0.4) is 0 Å². The van der Waals surface area contributed by atoms with Gasteiger partial charge in [-0.05, 0) is 43.5 Å². The van der Waals surface area contributed by atoms with Crippen LogP contribution in [0.2, 0.25) is 0 Å². The van der Waals surface area contributed by atoms with E-state index in [0.29, 0.717) is 5.56 Å². The molecule has 0 unspecified atom stereocenters. The fraction of sp³-hybridized carbons (Fsp3) is 0.533. The Morgan fingerprint density at radius 3 is 2.24 bits per heavy atom. The molecule has 0 spiro atoms. The maximum atomic E-state index is 12.2. The number of benzene rings is 1. The predicted octanol–water partition coefficient (Wildman–Crippen LogP) is 2.60. The molecule has 6 heteroatoms. The van der Waals surface area contributed by atoms with Crippen molar-refractivity contribution < 1.29 is 17.4 Å². The maximum Gasteiger partial charge on any atom is 0.306 e.